The minimum atomic E-state index is 0.116. The van der Waals surface area contributed by atoms with Crippen molar-refractivity contribution in [1.29, 1.82) is 0 Å². The van der Waals surface area contributed by atoms with E-state index >= 15 is 0 Å². The van der Waals surface area contributed by atoms with E-state index in [2.05, 4.69) is 57.0 Å². The van der Waals surface area contributed by atoms with Gasteiger partial charge in [-0.15, -0.1) is 11.3 Å². The number of nitrogens with one attached hydrogen (secondary N) is 1. The number of anilines is 1. The van der Waals surface area contributed by atoms with Crippen molar-refractivity contribution >= 4 is 34.4 Å². The molecule has 0 aliphatic carbocycles. The molecule has 3 heterocycles. The van der Waals surface area contributed by atoms with Crippen LogP contribution in [0.1, 0.15) is 29.9 Å². The van der Waals surface area contributed by atoms with Crippen LogP contribution in [0.3, 0.4) is 0 Å². The molecule has 6 heteroatoms. The number of thiazole rings is 1. The van der Waals surface area contributed by atoms with Crippen molar-refractivity contribution in [3.8, 4) is 11.3 Å². The fourth-order valence-corrected chi connectivity index (χ4v) is 4.21. The van der Waals surface area contributed by atoms with Gasteiger partial charge < -0.3 is 5.32 Å². The lowest BCUT2D eigenvalue weighted by Crippen LogP contribution is -2.09. The van der Waals surface area contributed by atoms with E-state index in [-0.39, 0.29) is 6.04 Å². The largest absolute Gasteiger partial charge is 0.348 e. The van der Waals surface area contributed by atoms with Gasteiger partial charge in [-0.25, -0.2) is 15.0 Å². The van der Waals surface area contributed by atoms with Crippen molar-refractivity contribution in [2.24, 2.45) is 0 Å². The first-order valence-electron chi connectivity index (χ1n) is 10.1. The highest BCUT2D eigenvalue weighted by atomic mass is 32.1. The van der Waals surface area contributed by atoms with Crippen LogP contribution < -0.4 is 5.32 Å². The Morgan fingerprint density at radius 1 is 0.935 bits per heavy atom. The summed E-state index contributed by atoms with van der Waals surface area (Å²) < 4.78 is 2.11. The van der Waals surface area contributed by atoms with Gasteiger partial charge in [0.25, 0.3) is 0 Å². The van der Waals surface area contributed by atoms with E-state index in [4.69, 9.17) is 4.98 Å². The highest BCUT2D eigenvalue weighted by molar-refractivity contribution is 7.15. The predicted molar refractivity (Wildman–Crippen MR) is 128 cm³/mol. The predicted octanol–water partition coefficient (Wildman–Crippen LogP) is 6.20. The van der Waals surface area contributed by atoms with Gasteiger partial charge in [-0.2, -0.15) is 0 Å². The Hall–Kier alpha value is -3.77. The molecule has 5 nitrogen and oxygen atoms in total. The third-order valence-corrected chi connectivity index (χ3v) is 5.84. The standard InChI is InChI=1S/C25H21N5S/c1-18(19-8-4-2-5-9-19)27-24-26-15-14-21(28-24)12-13-22-23(20-10-6-3-7-11-20)29-25-30(22)16-17-31-25/h2-18H,1H3,(H,26,27,28). The van der Waals surface area contributed by atoms with E-state index in [0.717, 1.165) is 27.6 Å². The van der Waals surface area contributed by atoms with Crippen LogP contribution in [0.5, 0.6) is 0 Å². The normalized spacial score (nSPS) is 12.4. The topological polar surface area (TPSA) is 55.1 Å². The molecule has 0 bridgehead atoms. The molecule has 1 atom stereocenters. The van der Waals surface area contributed by atoms with Gasteiger partial charge in [0.2, 0.25) is 5.95 Å². The summed E-state index contributed by atoms with van der Waals surface area (Å²) in [4.78, 5) is 14.9. The first-order valence-corrected chi connectivity index (χ1v) is 11.0. The highest BCUT2D eigenvalue weighted by Gasteiger charge is 2.13. The second-order valence-corrected chi connectivity index (χ2v) is 8.06. The van der Waals surface area contributed by atoms with Crippen LogP contribution in [0.2, 0.25) is 0 Å². The van der Waals surface area contributed by atoms with Crippen molar-refractivity contribution in [3.05, 3.63) is 101 Å². The molecule has 0 saturated carbocycles. The number of hydrogen-bond donors (Lipinski definition) is 1. The van der Waals surface area contributed by atoms with E-state index in [1.54, 1.807) is 17.5 Å². The number of imidazole rings is 1. The zero-order chi connectivity index (χ0) is 21.0. The molecule has 0 aliphatic rings. The van der Waals surface area contributed by atoms with Crippen LogP contribution in [-0.2, 0) is 0 Å². The number of aromatic nitrogens is 4. The average molecular weight is 424 g/mol. The fourth-order valence-electron chi connectivity index (χ4n) is 3.49. The van der Waals surface area contributed by atoms with Crippen LogP contribution in [0, 0.1) is 0 Å². The van der Waals surface area contributed by atoms with Gasteiger partial charge in [-0.3, -0.25) is 4.40 Å². The Morgan fingerprint density at radius 3 is 2.52 bits per heavy atom. The van der Waals surface area contributed by atoms with Gasteiger partial charge >= 0.3 is 0 Å². The zero-order valence-corrected chi connectivity index (χ0v) is 17.8. The van der Waals surface area contributed by atoms with Crippen molar-refractivity contribution in [2.75, 3.05) is 5.32 Å². The molecule has 0 amide bonds. The van der Waals surface area contributed by atoms with Crippen LogP contribution in [0.25, 0.3) is 28.4 Å². The molecule has 5 aromatic rings. The number of hydrogen-bond acceptors (Lipinski definition) is 5. The molecule has 31 heavy (non-hydrogen) atoms. The highest BCUT2D eigenvalue weighted by Crippen LogP contribution is 2.28. The molecule has 152 valence electrons. The molecule has 0 radical (unpaired) electrons. The molecular formula is C25H21N5S. The third kappa shape index (κ3) is 4.11. The summed E-state index contributed by atoms with van der Waals surface area (Å²) in [6.45, 7) is 2.10. The van der Waals surface area contributed by atoms with Crippen LogP contribution in [0.15, 0.2) is 84.5 Å². The van der Waals surface area contributed by atoms with E-state index in [1.165, 1.54) is 5.56 Å². The Morgan fingerprint density at radius 2 is 1.71 bits per heavy atom. The summed E-state index contributed by atoms with van der Waals surface area (Å²) in [5, 5.41) is 5.43. The molecule has 0 saturated heterocycles. The fraction of sp³-hybridized carbons (Fsp3) is 0.0800. The summed E-state index contributed by atoms with van der Waals surface area (Å²) >= 11 is 1.63. The molecule has 0 spiro atoms. The number of benzene rings is 2. The number of rotatable bonds is 6. The summed E-state index contributed by atoms with van der Waals surface area (Å²) in [5.74, 6) is 0.607. The number of nitrogens with zero attached hydrogens (tertiary/aromatic N) is 4. The van der Waals surface area contributed by atoms with Gasteiger partial charge in [0.1, 0.15) is 0 Å². The van der Waals surface area contributed by atoms with Gasteiger partial charge in [0, 0.05) is 23.3 Å². The van der Waals surface area contributed by atoms with E-state index < -0.39 is 0 Å². The first-order chi connectivity index (χ1) is 15.3. The zero-order valence-electron chi connectivity index (χ0n) is 17.0. The molecule has 0 fully saturated rings. The quantitative estimate of drug-likeness (QED) is 0.353. The summed E-state index contributed by atoms with van der Waals surface area (Å²) in [5.41, 5.74) is 5.13. The molecule has 0 aliphatic heterocycles. The van der Waals surface area contributed by atoms with Gasteiger partial charge in [0.05, 0.1) is 23.1 Å². The van der Waals surface area contributed by atoms with Crippen molar-refractivity contribution < 1.29 is 0 Å². The summed E-state index contributed by atoms with van der Waals surface area (Å²) in [6.07, 6.45) is 7.91. The molecule has 1 N–H and O–H groups in total. The van der Waals surface area contributed by atoms with Crippen molar-refractivity contribution in [1.82, 2.24) is 19.4 Å². The lowest BCUT2D eigenvalue weighted by atomic mass is 10.1. The van der Waals surface area contributed by atoms with Gasteiger partial charge in [0.15, 0.2) is 4.96 Å². The maximum Gasteiger partial charge on any atom is 0.223 e. The Labute approximate surface area is 184 Å². The molecule has 1 unspecified atom stereocenters. The SMILES string of the molecule is CC(Nc1nccc(C=Cc2c(-c3ccccc3)nc3sccn23)n1)c1ccccc1. The lowest BCUT2D eigenvalue weighted by Gasteiger charge is -2.14. The second-order valence-electron chi connectivity index (χ2n) is 7.18. The second kappa shape index (κ2) is 8.53. The van der Waals surface area contributed by atoms with Crippen molar-refractivity contribution in [3.63, 3.8) is 0 Å². The molecular weight excluding hydrogens is 402 g/mol. The summed E-state index contributed by atoms with van der Waals surface area (Å²) in [6, 6.07) is 22.6. The Bertz CT molecular complexity index is 1320. The van der Waals surface area contributed by atoms with Crippen LogP contribution in [0.4, 0.5) is 5.95 Å². The first kappa shape index (κ1) is 19.2. The maximum atomic E-state index is 4.83. The van der Waals surface area contributed by atoms with E-state index in [0.29, 0.717) is 5.95 Å². The molecule has 3 aromatic heterocycles. The maximum absolute atomic E-state index is 4.83. The van der Waals surface area contributed by atoms with Gasteiger partial charge in [-0.1, -0.05) is 60.7 Å². The van der Waals surface area contributed by atoms with Crippen LogP contribution >= 0.6 is 11.3 Å². The minimum absolute atomic E-state index is 0.116. The number of fused-ring (bicyclic) bond motifs is 1. The van der Waals surface area contributed by atoms with E-state index in [1.807, 2.05) is 60.1 Å². The Kier molecular flexibility index (Phi) is 5.29. The van der Waals surface area contributed by atoms with E-state index in [9.17, 15) is 0 Å². The molecule has 2 aromatic carbocycles. The monoisotopic (exact) mass is 423 g/mol. The van der Waals surface area contributed by atoms with Crippen molar-refractivity contribution in [2.45, 2.75) is 13.0 Å². The third-order valence-electron chi connectivity index (χ3n) is 5.08. The smallest absolute Gasteiger partial charge is 0.223 e. The summed E-state index contributed by atoms with van der Waals surface area (Å²) in [7, 11) is 0. The average Bonchev–Trinajstić information content (AvgIpc) is 3.41. The Balaban J connectivity index is 1.43. The molecule has 5 rings (SSSR count). The minimum Gasteiger partial charge on any atom is -0.348 e. The van der Waals surface area contributed by atoms with Crippen LogP contribution in [-0.4, -0.2) is 19.4 Å². The lowest BCUT2D eigenvalue weighted by molar-refractivity contribution is 0.859. The van der Waals surface area contributed by atoms with Gasteiger partial charge in [-0.05, 0) is 30.7 Å².